The van der Waals surface area contributed by atoms with Crippen molar-refractivity contribution in [1.29, 1.82) is 0 Å². The maximum absolute atomic E-state index is 6.65. The second-order valence-electron chi connectivity index (χ2n) is 6.97. The smallest absolute Gasteiger partial charge is 0.128 e. The van der Waals surface area contributed by atoms with Crippen LogP contribution in [0.5, 0.6) is 5.75 Å². The molecule has 3 aromatic carbocycles. The molecule has 3 aromatic rings. The minimum atomic E-state index is 0.0862. The van der Waals surface area contributed by atoms with Crippen LogP contribution in [-0.2, 0) is 6.42 Å². The minimum absolute atomic E-state index is 0.0862. The fraction of sp³-hybridized carbons (Fsp3) is 0.250. The lowest BCUT2D eigenvalue weighted by Gasteiger charge is -2.26. The highest BCUT2D eigenvalue weighted by molar-refractivity contribution is 5.38. The first kappa shape index (κ1) is 16.9. The predicted molar refractivity (Wildman–Crippen MR) is 106 cm³/mol. The SMILES string of the molecule is c1ccc(Cc2ccccc2O[C@H](c2ccccc2)[C@@H]2CCNC2)cc1. The van der Waals surface area contributed by atoms with Crippen molar-refractivity contribution in [3.05, 3.63) is 102 Å². The van der Waals surface area contributed by atoms with Crippen LogP contribution in [0.15, 0.2) is 84.9 Å². The molecule has 0 radical (unpaired) electrons. The molecule has 0 spiro atoms. The number of nitrogens with one attached hydrogen (secondary N) is 1. The standard InChI is InChI=1S/C24H25NO/c1-3-9-19(10-4-1)17-21-13-7-8-14-23(21)26-24(22-15-16-25-18-22)20-11-5-2-6-12-20/h1-14,22,24-25H,15-18H2/t22-,24-/m1/s1. The molecule has 26 heavy (non-hydrogen) atoms. The molecule has 1 aliphatic rings. The van der Waals surface area contributed by atoms with Gasteiger partial charge in [-0.25, -0.2) is 0 Å². The van der Waals surface area contributed by atoms with Crippen molar-refractivity contribution in [2.75, 3.05) is 13.1 Å². The van der Waals surface area contributed by atoms with Crippen molar-refractivity contribution in [1.82, 2.24) is 5.32 Å². The molecule has 1 heterocycles. The first-order valence-electron chi connectivity index (χ1n) is 9.44. The van der Waals surface area contributed by atoms with Gasteiger partial charge in [-0.15, -0.1) is 0 Å². The van der Waals surface area contributed by atoms with Gasteiger partial charge in [-0.3, -0.25) is 0 Å². The highest BCUT2D eigenvalue weighted by Gasteiger charge is 2.28. The number of benzene rings is 3. The van der Waals surface area contributed by atoms with E-state index in [9.17, 15) is 0 Å². The van der Waals surface area contributed by atoms with Gasteiger partial charge < -0.3 is 10.1 Å². The first-order chi connectivity index (χ1) is 12.9. The van der Waals surface area contributed by atoms with E-state index in [1.54, 1.807) is 0 Å². The van der Waals surface area contributed by atoms with E-state index in [-0.39, 0.29) is 6.10 Å². The van der Waals surface area contributed by atoms with Crippen LogP contribution in [0.3, 0.4) is 0 Å². The molecule has 2 nitrogen and oxygen atoms in total. The second kappa shape index (κ2) is 8.20. The molecule has 1 aliphatic heterocycles. The third kappa shape index (κ3) is 3.97. The summed E-state index contributed by atoms with van der Waals surface area (Å²) in [5.41, 5.74) is 3.81. The Kier molecular flexibility index (Phi) is 5.32. The Morgan fingerprint density at radius 2 is 1.54 bits per heavy atom. The molecule has 1 N–H and O–H groups in total. The molecule has 132 valence electrons. The van der Waals surface area contributed by atoms with Gasteiger partial charge in [0.05, 0.1) is 0 Å². The van der Waals surface area contributed by atoms with E-state index in [4.69, 9.17) is 4.74 Å². The summed E-state index contributed by atoms with van der Waals surface area (Å²) in [5, 5.41) is 3.48. The van der Waals surface area contributed by atoms with Gasteiger partial charge in [0.1, 0.15) is 11.9 Å². The van der Waals surface area contributed by atoms with E-state index in [1.807, 2.05) is 0 Å². The summed E-state index contributed by atoms with van der Waals surface area (Å²) in [6, 6.07) is 29.7. The van der Waals surface area contributed by atoms with Crippen LogP contribution in [0, 0.1) is 5.92 Å². The van der Waals surface area contributed by atoms with Crippen molar-refractivity contribution < 1.29 is 4.74 Å². The summed E-state index contributed by atoms with van der Waals surface area (Å²) in [5.74, 6) is 1.50. The summed E-state index contributed by atoms with van der Waals surface area (Å²) < 4.78 is 6.65. The van der Waals surface area contributed by atoms with Crippen LogP contribution >= 0.6 is 0 Å². The number of hydrogen-bond donors (Lipinski definition) is 1. The van der Waals surface area contributed by atoms with Crippen molar-refractivity contribution in [2.24, 2.45) is 5.92 Å². The zero-order valence-electron chi connectivity index (χ0n) is 15.0. The Morgan fingerprint density at radius 3 is 2.27 bits per heavy atom. The zero-order chi connectivity index (χ0) is 17.6. The predicted octanol–water partition coefficient (Wildman–Crippen LogP) is 5.01. The van der Waals surface area contributed by atoms with E-state index in [2.05, 4.69) is 90.2 Å². The fourth-order valence-corrected chi connectivity index (χ4v) is 3.73. The Balaban J connectivity index is 1.61. The van der Waals surface area contributed by atoms with Crippen molar-refractivity contribution in [2.45, 2.75) is 18.9 Å². The lowest BCUT2D eigenvalue weighted by Crippen LogP contribution is -2.21. The van der Waals surface area contributed by atoms with Crippen LogP contribution in [0.2, 0.25) is 0 Å². The fourth-order valence-electron chi connectivity index (χ4n) is 3.73. The highest BCUT2D eigenvalue weighted by atomic mass is 16.5. The van der Waals surface area contributed by atoms with Gasteiger partial charge in [0.15, 0.2) is 0 Å². The molecule has 2 heteroatoms. The Bertz CT molecular complexity index is 810. The third-order valence-electron chi connectivity index (χ3n) is 5.12. The zero-order valence-corrected chi connectivity index (χ0v) is 15.0. The highest BCUT2D eigenvalue weighted by Crippen LogP contribution is 2.34. The Morgan fingerprint density at radius 1 is 0.846 bits per heavy atom. The summed E-state index contributed by atoms with van der Waals surface area (Å²) in [4.78, 5) is 0. The molecule has 1 saturated heterocycles. The largest absolute Gasteiger partial charge is 0.485 e. The maximum Gasteiger partial charge on any atom is 0.128 e. The van der Waals surface area contributed by atoms with E-state index in [0.29, 0.717) is 5.92 Å². The number of rotatable bonds is 6. The maximum atomic E-state index is 6.65. The van der Waals surface area contributed by atoms with Crippen molar-refractivity contribution in [3.8, 4) is 5.75 Å². The van der Waals surface area contributed by atoms with Crippen LogP contribution < -0.4 is 10.1 Å². The lowest BCUT2D eigenvalue weighted by molar-refractivity contribution is 0.143. The van der Waals surface area contributed by atoms with Gasteiger partial charge in [0, 0.05) is 18.9 Å². The summed E-state index contributed by atoms with van der Waals surface area (Å²) >= 11 is 0. The van der Waals surface area contributed by atoms with E-state index < -0.39 is 0 Å². The molecule has 0 aliphatic carbocycles. The molecular formula is C24H25NO. The van der Waals surface area contributed by atoms with E-state index in [0.717, 1.165) is 31.7 Å². The topological polar surface area (TPSA) is 21.3 Å². The Labute approximate surface area is 155 Å². The van der Waals surface area contributed by atoms with Crippen LogP contribution in [0.4, 0.5) is 0 Å². The second-order valence-corrected chi connectivity index (χ2v) is 6.97. The average Bonchev–Trinajstić information content (AvgIpc) is 3.23. The summed E-state index contributed by atoms with van der Waals surface area (Å²) in [7, 11) is 0. The first-order valence-corrected chi connectivity index (χ1v) is 9.44. The quantitative estimate of drug-likeness (QED) is 0.679. The monoisotopic (exact) mass is 343 g/mol. The lowest BCUT2D eigenvalue weighted by atomic mass is 9.94. The van der Waals surface area contributed by atoms with E-state index in [1.165, 1.54) is 16.7 Å². The molecule has 0 amide bonds. The van der Waals surface area contributed by atoms with Crippen LogP contribution in [0.1, 0.15) is 29.2 Å². The van der Waals surface area contributed by atoms with Gasteiger partial charge in [-0.1, -0.05) is 78.9 Å². The number of ether oxygens (including phenoxy) is 1. The molecule has 0 saturated carbocycles. The molecule has 0 unspecified atom stereocenters. The molecule has 0 aromatic heterocycles. The van der Waals surface area contributed by atoms with Crippen LogP contribution in [0.25, 0.3) is 0 Å². The molecule has 1 fully saturated rings. The normalized spacial score (nSPS) is 17.8. The van der Waals surface area contributed by atoms with Gasteiger partial charge in [0.2, 0.25) is 0 Å². The Hall–Kier alpha value is -2.58. The minimum Gasteiger partial charge on any atom is -0.485 e. The molecular weight excluding hydrogens is 318 g/mol. The molecule has 4 rings (SSSR count). The van der Waals surface area contributed by atoms with Gasteiger partial charge >= 0.3 is 0 Å². The van der Waals surface area contributed by atoms with Crippen molar-refractivity contribution in [3.63, 3.8) is 0 Å². The van der Waals surface area contributed by atoms with Gasteiger partial charge in [0.25, 0.3) is 0 Å². The van der Waals surface area contributed by atoms with Crippen molar-refractivity contribution >= 4 is 0 Å². The molecule has 2 atom stereocenters. The summed E-state index contributed by atoms with van der Waals surface area (Å²) in [6.45, 7) is 2.09. The van der Waals surface area contributed by atoms with Gasteiger partial charge in [-0.05, 0) is 35.7 Å². The number of hydrogen-bond acceptors (Lipinski definition) is 2. The number of para-hydroxylation sites is 1. The average molecular weight is 343 g/mol. The third-order valence-corrected chi connectivity index (χ3v) is 5.12. The van der Waals surface area contributed by atoms with Crippen LogP contribution in [-0.4, -0.2) is 13.1 Å². The molecule has 0 bridgehead atoms. The van der Waals surface area contributed by atoms with E-state index >= 15 is 0 Å². The van der Waals surface area contributed by atoms with Gasteiger partial charge in [-0.2, -0.15) is 0 Å². The summed E-state index contributed by atoms with van der Waals surface area (Å²) in [6.07, 6.45) is 2.13.